The van der Waals surface area contributed by atoms with Gasteiger partial charge in [-0.2, -0.15) is 23.2 Å². The molecule has 14 heavy (non-hydrogen) atoms. The molecule has 1 nitrogen and oxygen atoms in total. The van der Waals surface area contributed by atoms with Gasteiger partial charge in [-0.15, -0.1) is 0 Å². The molecular formula is C10H16BNS2. The van der Waals surface area contributed by atoms with Gasteiger partial charge in [-0.1, -0.05) is 32.0 Å². The van der Waals surface area contributed by atoms with Crippen LogP contribution in [0.25, 0.3) is 0 Å². The summed E-state index contributed by atoms with van der Waals surface area (Å²) in [6, 6.07) is 10.4. The van der Waals surface area contributed by atoms with Crippen LogP contribution in [0, 0.1) is 0 Å². The summed E-state index contributed by atoms with van der Waals surface area (Å²) in [6.07, 6.45) is 0. The SMILES string of the molecule is CCSB(Nc1ccccc1)SCC. The maximum absolute atomic E-state index is 3.51. The maximum Gasteiger partial charge on any atom is 0.390 e. The molecule has 0 saturated heterocycles. The van der Waals surface area contributed by atoms with Crippen molar-refractivity contribution in [2.24, 2.45) is 0 Å². The van der Waals surface area contributed by atoms with Crippen molar-refractivity contribution >= 4 is 34.3 Å². The zero-order chi connectivity index (χ0) is 10.2. The van der Waals surface area contributed by atoms with Gasteiger partial charge in [0.2, 0.25) is 0 Å². The standard InChI is InChI=1S/C10H16BNS2/c1-3-13-11(14-4-2)12-10-8-6-5-7-9-10/h5-9,12H,3-4H2,1-2H3. The molecule has 76 valence electrons. The quantitative estimate of drug-likeness (QED) is 0.743. The van der Waals surface area contributed by atoms with Gasteiger partial charge >= 0.3 is 5.40 Å². The van der Waals surface area contributed by atoms with Crippen LogP contribution in [0.1, 0.15) is 13.8 Å². The molecule has 0 atom stereocenters. The van der Waals surface area contributed by atoms with Crippen LogP contribution in [0.4, 0.5) is 5.69 Å². The molecular weight excluding hydrogens is 209 g/mol. The first kappa shape index (κ1) is 11.9. The summed E-state index contributed by atoms with van der Waals surface area (Å²) < 4.78 is 0. The molecule has 4 heteroatoms. The van der Waals surface area contributed by atoms with Gasteiger partial charge in [-0.05, 0) is 23.6 Å². The monoisotopic (exact) mass is 225 g/mol. The van der Waals surface area contributed by atoms with Crippen LogP contribution in [0.15, 0.2) is 30.3 Å². The number of rotatable bonds is 6. The zero-order valence-corrected chi connectivity index (χ0v) is 10.3. The summed E-state index contributed by atoms with van der Waals surface area (Å²) in [5.74, 6) is 2.30. The Bertz CT molecular complexity index is 237. The summed E-state index contributed by atoms with van der Waals surface area (Å²) in [5.41, 5.74) is 1.21. The lowest BCUT2D eigenvalue weighted by Gasteiger charge is -2.13. The molecule has 1 rings (SSSR count). The third-order valence-corrected chi connectivity index (χ3v) is 4.02. The third-order valence-electron chi connectivity index (χ3n) is 1.69. The molecule has 1 aromatic rings. The third kappa shape index (κ3) is 4.33. The molecule has 0 unspecified atom stereocenters. The normalized spacial score (nSPS) is 9.86. The minimum Gasteiger partial charge on any atom is -0.410 e. The Kier molecular flexibility index (Phi) is 6.04. The fourth-order valence-corrected chi connectivity index (χ4v) is 3.35. The van der Waals surface area contributed by atoms with Crippen LogP contribution in [0.2, 0.25) is 0 Å². The molecule has 0 radical (unpaired) electrons. The second-order valence-electron chi connectivity index (χ2n) is 2.75. The highest BCUT2D eigenvalue weighted by molar-refractivity contribution is 8.54. The largest absolute Gasteiger partial charge is 0.410 e. The average molecular weight is 225 g/mol. The first-order valence-electron chi connectivity index (χ1n) is 4.91. The Morgan fingerprint density at radius 2 is 1.64 bits per heavy atom. The zero-order valence-electron chi connectivity index (χ0n) is 8.69. The molecule has 1 N–H and O–H groups in total. The Hall–Kier alpha value is -0.215. The number of anilines is 1. The van der Waals surface area contributed by atoms with E-state index in [1.54, 1.807) is 0 Å². The van der Waals surface area contributed by atoms with E-state index in [2.05, 4.69) is 43.3 Å². The molecule has 0 bridgehead atoms. The van der Waals surface area contributed by atoms with Crippen molar-refractivity contribution in [2.45, 2.75) is 13.8 Å². The number of benzene rings is 1. The van der Waals surface area contributed by atoms with E-state index in [1.165, 1.54) is 5.69 Å². The fourth-order valence-electron chi connectivity index (χ4n) is 1.10. The Morgan fingerprint density at radius 1 is 1.07 bits per heavy atom. The van der Waals surface area contributed by atoms with Gasteiger partial charge in [0.25, 0.3) is 0 Å². The molecule has 0 fully saturated rings. The first-order valence-corrected chi connectivity index (χ1v) is 7.01. The van der Waals surface area contributed by atoms with Crippen molar-refractivity contribution in [3.63, 3.8) is 0 Å². The van der Waals surface area contributed by atoms with Gasteiger partial charge in [0.1, 0.15) is 0 Å². The van der Waals surface area contributed by atoms with Crippen molar-refractivity contribution in [3.05, 3.63) is 30.3 Å². The van der Waals surface area contributed by atoms with Gasteiger partial charge in [-0.25, -0.2) is 0 Å². The van der Waals surface area contributed by atoms with E-state index in [-0.39, 0.29) is 0 Å². The van der Waals surface area contributed by atoms with E-state index in [4.69, 9.17) is 0 Å². The van der Waals surface area contributed by atoms with Crippen molar-refractivity contribution in [2.75, 3.05) is 16.7 Å². The van der Waals surface area contributed by atoms with E-state index in [0.717, 1.165) is 11.5 Å². The van der Waals surface area contributed by atoms with Gasteiger partial charge in [0.05, 0.1) is 0 Å². The van der Waals surface area contributed by atoms with Crippen LogP contribution in [0.3, 0.4) is 0 Å². The highest BCUT2D eigenvalue weighted by Gasteiger charge is 2.13. The second kappa shape index (κ2) is 7.13. The molecule has 0 aliphatic heterocycles. The number of hydrogen-bond acceptors (Lipinski definition) is 3. The lowest BCUT2D eigenvalue weighted by atomic mass is 10.2. The molecule has 1 aromatic carbocycles. The minimum atomic E-state index is 0.479. The van der Waals surface area contributed by atoms with Gasteiger partial charge in [0.15, 0.2) is 0 Å². The summed E-state index contributed by atoms with van der Waals surface area (Å²) >= 11 is 3.90. The Labute approximate surface area is 95.3 Å². The number of para-hydroxylation sites is 1. The van der Waals surface area contributed by atoms with E-state index in [9.17, 15) is 0 Å². The van der Waals surface area contributed by atoms with Crippen LogP contribution < -0.4 is 5.23 Å². The maximum atomic E-state index is 3.51. The predicted molar refractivity (Wildman–Crippen MR) is 72.1 cm³/mol. The average Bonchev–Trinajstić information content (AvgIpc) is 2.20. The Balaban J connectivity index is 2.46. The molecule has 0 saturated carbocycles. The lowest BCUT2D eigenvalue weighted by Crippen LogP contribution is -2.17. The molecule has 0 spiro atoms. The smallest absolute Gasteiger partial charge is 0.390 e. The van der Waals surface area contributed by atoms with Gasteiger partial charge in [0, 0.05) is 5.69 Å². The molecule has 0 aliphatic rings. The lowest BCUT2D eigenvalue weighted by molar-refractivity contribution is 1.53. The Morgan fingerprint density at radius 3 is 2.14 bits per heavy atom. The molecule has 0 aliphatic carbocycles. The highest BCUT2D eigenvalue weighted by Crippen LogP contribution is 2.21. The molecule has 0 aromatic heterocycles. The second-order valence-corrected chi connectivity index (χ2v) is 5.82. The van der Waals surface area contributed by atoms with Crippen molar-refractivity contribution < 1.29 is 0 Å². The molecule has 0 heterocycles. The van der Waals surface area contributed by atoms with Crippen LogP contribution in [-0.4, -0.2) is 16.9 Å². The molecule has 0 amide bonds. The summed E-state index contributed by atoms with van der Waals surface area (Å²) in [6.45, 7) is 4.39. The fraction of sp³-hybridized carbons (Fsp3) is 0.400. The number of nitrogens with one attached hydrogen (secondary N) is 1. The van der Waals surface area contributed by atoms with E-state index in [0.29, 0.717) is 5.40 Å². The van der Waals surface area contributed by atoms with Gasteiger partial charge in [-0.3, -0.25) is 0 Å². The summed E-state index contributed by atoms with van der Waals surface area (Å²) in [4.78, 5) is 0. The minimum absolute atomic E-state index is 0.479. The number of hydrogen-bond donors (Lipinski definition) is 1. The summed E-state index contributed by atoms with van der Waals surface area (Å²) in [7, 11) is 0. The van der Waals surface area contributed by atoms with Crippen molar-refractivity contribution in [1.29, 1.82) is 0 Å². The highest BCUT2D eigenvalue weighted by atomic mass is 32.2. The topological polar surface area (TPSA) is 12.0 Å². The van der Waals surface area contributed by atoms with E-state index >= 15 is 0 Å². The van der Waals surface area contributed by atoms with Crippen molar-refractivity contribution in [1.82, 2.24) is 0 Å². The first-order chi connectivity index (χ1) is 6.86. The summed E-state index contributed by atoms with van der Waals surface area (Å²) in [5, 5.41) is 3.99. The van der Waals surface area contributed by atoms with E-state index in [1.807, 2.05) is 29.3 Å². The van der Waals surface area contributed by atoms with Gasteiger partial charge < -0.3 is 5.23 Å². The van der Waals surface area contributed by atoms with E-state index < -0.39 is 0 Å². The van der Waals surface area contributed by atoms with Crippen LogP contribution >= 0.6 is 23.2 Å². The van der Waals surface area contributed by atoms with Crippen LogP contribution in [0.5, 0.6) is 0 Å². The predicted octanol–water partition coefficient (Wildman–Crippen LogP) is 3.59. The van der Waals surface area contributed by atoms with Crippen LogP contribution in [-0.2, 0) is 0 Å². The van der Waals surface area contributed by atoms with Crippen molar-refractivity contribution in [3.8, 4) is 0 Å².